The molecule has 1 aromatic rings. The van der Waals surface area contributed by atoms with Crippen molar-refractivity contribution in [2.45, 2.75) is 12.6 Å². The Labute approximate surface area is 91.0 Å². The van der Waals surface area contributed by atoms with Crippen LogP contribution >= 0.6 is 0 Å². The third kappa shape index (κ3) is 3.56. The largest absolute Gasteiger partial charge is 0.469 e. The maximum Gasteiger partial charge on any atom is 0.416 e. The Morgan fingerprint density at radius 2 is 1.88 bits per heavy atom. The first-order valence-electron chi connectivity index (χ1n) is 4.51. The van der Waals surface area contributed by atoms with E-state index >= 15 is 0 Å². The number of halogens is 3. The Morgan fingerprint density at radius 1 is 1.31 bits per heavy atom. The molecule has 0 aliphatic rings. The van der Waals surface area contributed by atoms with E-state index in [4.69, 9.17) is 0 Å². The summed E-state index contributed by atoms with van der Waals surface area (Å²) in [5.41, 5.74) is -0.152. The Kier molecular flexibility index (Phi) is 3.93. The summed E-state index contributed by atoms with van der Waals surface area (Å²) in [5, 5.41) is 0. The number of methoxy groups -OCH3 is 1. The Bertz CT molecular complexity index is 354. The third-order valence-corrected chi connectivity index (χ3v) is 1.97. The molecule has 0 saturated carbocycles. The van der Waals surface area contributed by atoms with Crippen molar-refractivity contribution >= 4 is 5.97 Å². The number of esters is 1. The topological polar surface area (TPSA) is 26.3 Å². The molecule has 0 aliphatic carbocycles. The van der Waals surface area contributed by atoms with Crippen LogP contribution in [-0.2, 0) is 15.7 Å². The first-order chi connectivity index (χ1) is 7.43. The van der Waals surface area contributed by atoms with Gasteiger partial charge < -0.3 is 4.74 Å². The molecule has 1 aromatic carbocycles. The molecule has 16 heavy (non-hydrogen) atoms. The quantitative estimate of drug-likeness (QED) is 0.748. The van der Waals surface area contributed by atoms with Gasteiger partial charge in [-0.05, 0) is 17.7 Å². The minimum absolute atomic E-state index is 0.0435. The van der Waals surface area contributed by atoms with Gasteiger partial charge in [0.15, 0.2) is 0 Å². The summed E-state index contributed by atoms with van der Waals surface area (Å²) >= 11 is 0. The van der Waals surface area contributed by atoms with E-state index in [1.807, 2.05) is 0 Å². The normalized spacial score (nSPS) is 11.2. The smallest absolute Gasteiger partial charge is 0.416 e. The summed E-state index contributed by atoms with van der Waals surface area (Å²) in [5.74, 6) is -0.431. The van der Waals surface area contributed by atoms with Crippen LogP contribution in [0.25, 0.3) is 0 Å². The summed E-state index contributed by atoms with van der Waals surface area (Å²) in [6.07, 6.45) is -2.78. The zero-order valence-corrected chi connectivity index (χ0v) is 8.54. The average Bonchev–Trinajstić information content (AvgIpc) is 2.25. The van der Waals surface area contributed by atoms with Gasteiger partial charge in [0.1, 0.15) is 0 Å². The fraction of sp³-hybridized carbons (Fsp3) is 0.273. The van der Waals surface area contributed by atoms with Crippen LogP contribution in [0.5, 0.6) is 0 Å². The molecule has 0 saturated heterocycles. The van der Waals surface area contributed by atoms with Crippen molar-refractivity contribution in [2.24, 2.45) is 0 Å². The van der Waals surface area contributed by atoms with E-state index in [1.165, 1.54) is 25.7 Å². The lowest BCUT2D eigenvalue weighted by atomic mass is 10.1. The van der Waals surface area contributed by atoms with Gasteiger partial charge >= 0.3 is 12.1 Å². The number of alkyl halides is 3. The van der Waals surface area contributed by atoms with Crippen molar-refractivity contribution in [2.75, 3.05) is 7.11 Å². The van der Waals surface area contributed by atoms with Crippen molar-refractivity contribution in [1.82, 2.24) is 0 Å². The Balaban J connectivity index is 2.62. The lowest BCUT2D eigenvalue weighted by Crippen LogP contribution is -2.05. The van der Waals surface area contributed by atoms with Gasteiger partial charge in [0, 0.05) is 6.42 Å². The highest BCUT2D eigenvalue weighted by atomic mass is 19.4. The van der Waals surface area contributed by atoms with Crippen LogP contribution in [0, 0.1) is 6.42 Å². The van der Waals surface area contributed by atoms with Gasteiger partial charge in [0.2, 0.25) is 0 Å². The summed E-state index contributed by atoms with van der Waals surface area (Å²) in [6.45, 7) is 0. The van der Waals surface area contributed by atoms with E-state index in [0.29, 0.717) is 5.56 Å². The first kappa shape index (κ1) is 12.5. The van der Waals surface area contributed by atoms with Crippen LogP contribution < -0.4 is 0 Å². The van der Waals surface area contributed by atoms with E-state index < -0.39 is 17.7 Å². The van der Waals surface area contributed by atoms with Gasteiger partial charge in [-0.25, -0.2) is 0 Å². The molecule has 0 heterocycles. The highest BCUT2D eigenvalue weighted by Crippen LogP contribution is 2.29. The molecule has 0 unspecified atom stereocenters. The highest BCUT2D eigenvalue weighted by molar-refractivity contribution is 5.71. The second kappa shape index (κ2) is 5.01. The van der Waals surface area contributed by atoms with Crippen LogP contribution in [0.2, 0.25) is 0 Å². The lowest BCUT2D eigenvalue weighted by molar-refractivity contribution is -0.140. The molecule has 0 N–H and O–H groups in total. The summed E-state index contributed by atoms with van der Waals surface area (Å²) < 4.78 is 41.0. The molecule has 0 atom stereocenters. The number of hydrogen-bond donors (Lipinski definition) is 0. The minimum Gasteiger partial charge on any atom is -0.469 e. The van der Waals surface area contributed by atoms with E-state index in [1.54, 1.807) is 0 Å². The molecule has 2 nitrogen and oxygen atoms in total. The second-order valence-corrected chi connectivity index (χ2v) is 3.10. The number of carbonyl (C=O) groups excluding carboxylic acids is 1. The van der Waals surface area contributed by atoms with Crippen LogP contribution in [0.3, 0.4) is 0 Å². The summed E-state index contributed by atoms with van der Waals surface area (Å²) in [6, 6.07) is 4.57. The molecule has 0 amide bonds. The van der Waals surface area contributed by atoms with E-state index in [0.717, 1.165) is 12.1 Å². The van der Waals surface area contributed by atoms with Crippen molar-refractivity contribution < 1.29 is 22.7 Å². The molecular weight excluding hydrogens is 221 g/mol. The lowest BCUT2D eigenvalue weighted by Gasteiger charge is -2.07. The second-order valence-electron chi connectivity index (χ2n) is 3.10. The first-order valence-corrected chi connectivity index (χ1v) is 4.51. The average molecular weight is 231 g/mol. The van der Waals surface area contributed by atoms with E-state index in [2.05, 4.69) is 4.74 Å². The Hall–Kier alpha value is -1.52. The molecule has 1 rings (SSSR count). The van der Waals surface area contributed by atoms with Gasteiger partial charge in [-0.3, -0.25) is 4.79 Å². The molecule has 0 bridgehead atoms. The molecule has 5 heteroatoms. The van der Waals surface area contributed by atoms with E-state index in [-0.39, 0.29) is 6.42 Å². The monoisotopic (exact) mass is 231 g/mol. The third-order valence-electron chi connectivity index (χ3n) is 1.97. The van der Waals surface area contributed by atoms with Gasteiger partial charge in [-0.15, -0.1) is 0 Å². The van der Waals surface area contributed by atoms with Crippen molar-refractivity contribution in [3.8, 4) is 0 Å². The highest BCUT2D eigenvalue weighted by Gasteiger charge is 2.29. The maximum atomic E-state index is 12.2. The number of ether oxygens (including phenoxy) is 1. The molecular formula is C11H10F3O2. The number of hydrogen-bond acceptors (Lipinski definition) is 2. The van der Waals surface area contributed by atoms with Crippen LogP contribution in [-0.4, -0.2) is 13.1 Å². The predicted octanol–water partition coefficient (Wildman–Crippen LogP) is 2.82. The van der Waals surface area contributed by atoms with Crippen LogP contribution in [0.4, 0.5) is 13.2 Å². The molecule has 0 aliphatic heterocycles. The zero-order chi connectivity index (χ0) is 12.2. The molecule has 0 spiro atoms. The number of carbonyl (C=O) groups is 1. The van der Waals surface area contributed by atoms with Gasteiger partial charge in [-0.2, -0.15) is 13.2 Å². The predicted molar refractivity (Wildman–Crippen MR) is 51.5 cm³/mol. The van der Waals surface area contributed by atoms with Crippen molar-refractivity contribution in [3.63, 3.8) is 0 Å². The van der Waals surface area contributed by atoms with Crippen molar-refractivity contribution in [1.29, 1.82) is 0 Å². The fourth-order valence-electron chi connectivity index (χ4n) is 1.09. The van der Waals surface area contributed by atoms with E-state index in [9.17, 15) is 18.0 Å². The van der Waals surface area contributed by atoms with Crippen LogP contribution in [0.1, 0.15) is 17.5 Å². The zero-order valence-electron chi connectivity index (χ0n) is 8.54. The van der Waals surface area contributed by atoms with Crippen molar-refractivity contribution in [3.05, 3.63) is 41.8 Å². The number of benzene rings is 1. The molecule has 0 aromatic heterocycles. The standard InChI is InChI=1S/C11H10F3O2/c1-16-10(15)7-4-8-2-5-9(6-3-8)11(12,13)14/h2-6H,7H2,1H3. The summed E-state index contributed by atoms with van der Waals surface area (Å²) in [4.78, 5) is 10.8. The summed E-state index contributed by atoms with van der Waals surface area (Å²) in [7, 11) is 1.25. The van der Waals surface area contributed by atoms with Gasteiger partial charge in [-0.1, -0.05) is 12.1 Å². The Morgan fingerprint density at radius 3 is 2.31 bits per heavy atom. The van der Waals surface area contributed by atoms with Gasteiger partial charge in [0.25, 0.3) is 0 Å². The minimum atomic E-state index is -4.33. The fourth-order valence-corrected chi connectivity index (χ4v) is 1.09. The van der Waals surface area contributed by atoms with Gasteiger partial charge in [0.05, 0.1) is 19.1 Å². The molecule has 1 radical (unpaired) electrons. The number of rotatable bonds is 3. The van der Waals surface area contributed by atoms with Crippen LogP contribution in [0.15, 0.2) is 24.3 Å². The SMILES string of the molecule is COC(=O)C[CH]c1ccc(C(F)(F)F)cc1. The maximum absolute atomic E-state index is 12.2. The molecule has 0 fully saturated rings. The molecule has 87 valence electrons.